The SMILES string of the molecule is CC(C)c1c(C#Cc2nc(N[C@@H]3CCOC[C@H]3O)ncc2Cl)cncc1[C@H]1CC[C@@H](C)N1. The molecule has 7 nitrogen and oxygen atoms in total. The van der Waals surface area contributed by atoms with Crippen molar-refractivity contribution in [2.45, 2.75) is 70.2 Å². The van der Waals surface area contributed by atoms with E-state index < -0.39 is 6.10 Å². The van der Waals surface area contributed by atoms with Crippen molar-refractivity contribution in [2.24, 2.45) is 0 Å². The lowest BCUT2D eigenvalue weighted by Crippen LogP contribution is -2.42. The third kappa shape index (κ3) is 5.21. The first-order valence-electron chi connectivity index (χ1n) is 11.2. The Labute approximate surface area is 194 Å². The minimum atomic E-state index is -0.605. The Bertz CT molecular complexity index is 1020. The van der Waals surface area contributed by atoms with E-state index in [-0.39, 0.29) is 6.04 Å². The standard InChI is InChI=1S/C24H30ClN5O2/c1-14(2)23-16(10-26-11-17(23)19-6-4-15(3)28-19)5-7-20-18(25)12-27-24(29-20)30-21-8-9-32-13-22(21)31/h10-12,14-15,19,21-22,28,31H,4,6,8-9,13H2,1-3H3,(H,27,29,30)/t15-,19-,21-,22-/m1/s1. The molecule has 4 rings (SSSR count). The fraction of sp³-hybridized carbons (Fsp3) is 0.542. The highest BCUT2D eigenvalue weighted by Gasteiger charge is 2.26. The summed E-state index contributed by atoms with van der Waals surface area (Å²) in [6.07, 6.45) is 7.65. The maximum absolute atomic E-state index is 10.1. The predicted molar refractivity (Wildman–Crippen MR) is 125 cm³/mol. The first-order valence-corrected chi connectivity index (χ1v) is 11.6. The Kier molecular flexibility index (Phi) is 7.27. The van der Waals surface area contributed by atoms with Crippen molar-refractivity contribution in [3.63, 3.8) is 0 Å². The average molecular weight is 456 g/mol. The second-order valence-electron chi connectivity index (χ2n) is 8.86. The van der Waals surface area contributed by atoms with Crippen LogP contribution < -0.4 is 10.6 Å². The van der Waals surface area contributed by atoms with Gasteiger partial charge in [-0.2, -0.15) is 0 Å². The highest BCUT2D eigenvalue weighted by molar-refractivity contribution is 6.31. The van der Waals surface area contributed by atoms with Gasteiger partial charge in [-0.15, -0.1) is 0 Å². The Morgan fingerprint density at radius 2 is 2.06 bits per heavy atom. The fourth-order valence-corrected chi connectivity index (χ4v) is 4.53. The second kappa shape index (κ2) is 10.1. The van der Waals surface area contributed by atoms with Gasteiger partial charge in [0.2, 0.25) is 5.95 Å². The molecule has 2 aliphatic rings. The zero-order valence-corrected chi connectivity index (χ0v) is 19.5. The molecule has 0 spiro atoms. The largest absolute Gasteiger partial charge is 0.389 e. The van der Waals surface area contributed by atoms with E-state index in [1.807, 2.05) is 12.4 Å². The van der Waals surface area contributed by atoms with Crippen LogP contribution in [0.3, 0.4) is 0 Å². The summed E-state index contributed by atoms with van der Waals surface area (Å²) >= 11 is 6.34. The highest BCUT2D eigenvalue weighted by Crippen LogP contribution is 2.33. The van der Waals surface area contributed by atoms with Gasteiger partial charge in [-0.3, -0.25) is 4.98 Å². The number of nitrogens with one attached hydrogen (secondary N) is 2. The predicted octanol–water partition coefficient (Wildman–Crippen LogP) is 3.42. The molecule has 0 aromatic carbocycles. The van der Waals surface area contributed by atoms with E-state index in [0.29, 0.717) is 54.3 Å². The molecule has 3 N–H and O–H groups in total. The fourth-order valence-electron chi connectivity index (χ4n) is 4.39. The van der Waals surface area contributed by atoms with Crippen molar-refractivity contribution in [2.75, 3.05) is 18.5 Å². The van der Waals surface area contributed by atoms with Gasteiger partial charge >= 0.3 is 0 Å². The lowest BCUT2D eigenvalue weighted by Gasteiger charge is -2.28. The van der Waals surface area contributed by atoms with Crippen LogP contribution in [0.25, 0.3) is 0 Å². The van der Waals surface area contributed by atoms with Crippen molar-refractivity contribution in [1.29, 1.82) is 0 Å². The number of aromatic nitrogens is 3. The van der Waals surface area contributed by atoms with Crippen molar-refractivity contribution in [3.05, 3.63) is 46.0 Å². The van der Waals surface area contributed by atoms with E-state index >= 15 is 0 Å². The first-order chi connectivity index (χ1) is 15.4. The van der Waals surface area contributed by atoms with Gasteiger partial charge < -0.3 is 20.5 Å². The van der Waals surface area contributed by atoms with Crippen LogP contribution in [-0.2, 0) is 4.74 Å². The third-order valence-electron chi connectivity index (χ3n) is 6.05. The lowest BCUT2D eigenvalue weighted by atomic mass is 9.90. The van der Waals surface area contributed by atoms with E-state index in [2.05, 4.69) is 58.2 Å². The molecule has 2 aromatic heterocycles. The molecule has 0 unspecified atom stereocenters. The van der Waals surface area contributed by atoms with Crippen LogP contribution in [0.15, 0.2) is 18.6 Å². The zero-order valence-electron chi connectivity index (χ0n) is 18.7. The van der Waals surface area contributed by atoms with Crippen molar-refractivity contribution in [1.82, 2.24) is 20.3 Å². The quantitative estimate of drug-likeness (QED) is 0.608. The number of hydrogen-bond acceptors (Lipinski definition) is 7. The molecule has 170 valence electrons. The third-order valence-corrected chi connectivity index (χ3v) is 6.32. The van der Waals surface area contributed by atoms with E-state index in [4.69, 9.17) is 16.3 Å². The van der Waals surface area contributed by atoms with Crippen LogP contribution in [0.2, 0.25) is 5.02 Å². The number of nitrogens with zero attached hydrogens (tertiary/aromatic N) is 3. The summed E-state index contributed by atoms with van der Waals surface area (Å²) in [6, 6.07) is 0.649. The zero-order chi connectivity index (χ0) is 22.7. The van der Waals surface area contributed by atoms with E-state index in [1.165, 1.54) is 17.3 Å². The molecule has 0 amide bonds. The maximum Gasteiger partial charge on any atom is 0.224 e. The number of aliphatic hydroxyl groups excluding tert-OH is 1. The summed E-state index contributed by atoms with van der Waals surface area (Å²) in [5, 5.41) is 17.3. The molecule has 0 radical (unpaired) electrons. The Morgan fingerprint density at radius 3 is 2.78 bits per heavy atom. The summed E-state index contributed by atoms with van der Waals surface area (Å²) in [7, 11) is 0. The Balaban J connectivity index is 1.61. The molecule has 0 aliphatic carbocycles. The topological polar surface area (TPSA) is 92.2 Å². The molecule has 2 saturated heterocycles. The van der Waals surface area contributed by atoms with Crippen molar-refractivity contribution >= 4 is 17.5 Å². The smallest absolute Gasteiger partial charge is 0.224 e. The Morgan fingerprint density at radius 1 is 1.22 bits per heavy atom. The van der Waals surface area contributed by atoms with Crippen LogP contribution in [0, 0.1) is 11.8 Å². The number of hydrogen-bond donors (Lipinski definition) is 3. The molecule has 8 heteroatoms. The first kappa shape index (κ1) is 22.9. The molecule has 32 heavy (non-hydrogen) atoms. The minimum absolute atomic E-state index is 0.166. The van der Waals surface area contributed by atoms with Gasteiger partial charge in [-0.05, 0) is 49.2 Å². The number of halogens is 1. The number of anilines is 1. The number of rotatable bonds is 4. The van der Waals surface area contributed by atoms with Crippen LogP contribution in [0.4, 0.5) is 5.95 Å². The van der Waals surface area contributed by atoms with Crippen LogP contribution >= 0.6 is 11.6 Å². The van der Waals surface area contributed by atoms with Gasteiger partial charge in [0.15, 0.2) is 0 Å². The van der Waals surface area contributed by atoms with Gasteiger partial charge in [-0.1, -0.05) is 31.4 Å². The van der Waals surface area contributed by atoms with Crippen molar-refractivity contribution in [3.8, 4) is 11.8 Å². The molecule has 4 atom stereocenters. The molecular formula is C24H30ClN5O2. The number of aliphatic hydroxyl groups is 1. The minimum Gasteiger partial charge on any atom is -0.389 e. The molecule has 0 saturated carbocycles. The van der Waals surface area contributed by atoms with Gasteiger partial charge in [0.1, 0.15) is 5.69 Å². The summed E-state index contributed by atoms with van der Waals surface area (Å²) in [5.41, 5.74) is 3.77. The maximum atomic E-state index is 10.1. The molecule has 2 aromatic rings. The van der Waals surface area contributed by atoms with E-state index in [0.717, 1.165) is 18.4 Å². The highest BCUT2D eigenvalue weighted by atomic mass is 35.5. The van der Waals surface area contributed by atoms with Gasteiger partial charge in [0.25, 0.3) is 0 Å². The van der Waals surface area contributed by atoms with E-state index in [9.17, 15) is 5.11 Å². The molecule has 0 bridgehead atoms. The average Bonchev–Trinajstić information content (AvgIpc) is 3.21. The molecular weight excluding hydrogens is 426 g/mol. The molecule has 4 heterocycles. The summed E-state index contributed by atoms with van der Waals surface area (Å²) in [5.74, 6) is 7.08. The van der Waals surface area contributed by atoms with Crippen LogP contribution in [0.1, 0.15) is 74.4 Å². The monoisotopic (exact) mass is 455 g/mol. The second-order valence-corrected chi connectivity index (χ2v) is 9.27. The lowest BCUT2D eigenvalue weighted by molar-refractivity contribution is -0.0136. The molecule has 2 fully saturated rings. The Hall–Kier alpha value is -2.24. The molecule has 2 aliphatic heterocycles. The number of ether oxygens (including phenoxy) is 1. The summed E-state index contributed by atoms with van der Waals surface area (Å²) < 4.78 is 5.28. The number of pyridine rings is 1. The van der Waals surface area contributed by atoms with Gasteiger partial charge in [0.05, 0.1) is 30.0 Å². The van der Waals surface area contributed by atoms with Crippen LogP contribution in [0.5, 0.6) is 0 Å². The normalized spacial score (nSPS) is 25.4. The summed E-state index contributed by atoms with van der Waals surface area (Å²) in [6.45, 7) is 7.47. The summed E-state index contributed by atoms with van der Waals surface area (Å²) in [4.78, 5) is 13.2. The van der Waals surface area contributed by atoms with Gasteiger partial charge in [-0.25, -0.2) is 9.97 Å². The van der Waals surface area contributed by atoms with E-state index in [1.54, 1.807) is 0 Å². The van der Waals surface area contributed by atoms with Crippen molar-refractivity contribution < 1.29 is 9.84 Å². The van der Waals surface area contributed by atoms with Crippen LogP contribution in [-0.4, -0.2) is 51.5 Å². The van der Waals surface area contributed by atoms with Gasteiger partial charge in [0, 0.05) is 36.6 Å².